The molecule has 23 heavy (non-hydrogen) atoms. The van der Waals surface area contributed by atoms with Crippen LogP contribution in [0.4, 0.5) is 0 Å². The van der Waals surface area contributed by atoms with Gasteiger partial charge in [-0.05, 0) is 37.6 Å². The maximum absolute atomic E-state index is 12.4. The second kappa shape index (κ2) is 5.89. The zero-order chi connectivity index (χ0) is 16.6. The summed E-state index contributed by atoms with van der Waals surface area (Å²) < 4.78 is 1.61. The van der Waals surface area contributed by atoms with Crippen molar-refractivity contribution in [2.75, 3.05) is 0 Å². The normalized spacial score (nSPS) is 10.9. The molecule has 0 aliphatic heterocycles. The van der Waals surface area contributed by atoms with E-state index in [1.807, 2.05) is 26.0 Å². The van der Waals surface area contributed by atoms with Crippen LogP contribution in [0.25, 0.3) is 5.65 Å². The summed E-state index contributed by atoms with van der Waals surface area (Å²) in [5, 5.41) is 2.86. The minimum Gasteiger partial charge on any atom is -0.346 e. The molecule has 3 aromatic rings. The number of pyridine rings is 2. The Morgan fingerprint density at radius 3 is 2.91 bits per heavy atom. The number of hydrogen-bond donors (Lipinski definition) is 2. The predicted octanol–water partition coefficient (Wildman–Crippen LogP) is 2.22. The number of aromatic nitrogens is 3. The average Bonchev–Trinajstić information content (AvgIpc) is 2.81. The van der Waals surface area contributed by atoms with Crippen molar-refractivity contribution in [2.24, 2.45) is 0 Å². The summed E-state index contributed by atoms with van der Waals surface area (Å²) in [6.45, 7) is 3.77. The van der Waals surface area contributed by atoms with Crippen molar-refractivity contribution < 1.29 is 4.79 Å². The Morgan fingerprint density at radius 2 is 2.17 bits per heavy atom. The fourth-order valence-corrected chi connectivity index (χ4v) is 2.79. The van der Waals surface area contributed by atoms with Gasteiger partial charge in [-0.1, -0.05) is 17.7 Å². The van der Waals surface area contributed by atoms with Gasteiger partial charge in [-0.2, -0.15) is 0 Å². The number of halogens is 1. The summed E-state index contributed by atoms with van der Waals surface area (Å²) in [5.41, 5.74) is 2.78. The number of nitrogens with one attached hydrogen (secondary N) is 2. The van der Waals surface area contributed by atoms with Gasteiger partial charge in [0.15, 0.2) is 10.8 Å². The van der Waals surface area contributed by atoms with Gasteiger partial charge in [0.1, 0.15) is 5.65 Å². The molecule has 7 heteroatoms. The first kappa shape index (κ1) is 15.3. The van der Waals surface area contributed by atoms with E-state index in [0.29, 0.717) is 11.2 Å². The van der Waals surface area contributed by atoms with Gasteiger partial charge in [0, 0.05) is 24.0 Å². The second-order valence-corrected chi connectivity index (χ2v) is 5.66. The molecule has 0 saturated carbocycles. The van der Waals surface area contributed by atoms with Crippen LogP contribution in [0.15, 0.2) is 35.3 Å². The van der Waals surface area contributed by atoms with Crippen molar-refractivity contribution in [1.29, 1.82) is 0 Å². The largest absolute Gasteiger partial charge is 0.346 e. The number of aromatic amines is 1. The maximum Gasteiger partial charge on any atom is 0.271 e. The average molecular weight is 331 g/mol. The Kier molecular flexibility index (Phi) is 3.92. The number of carbonyl (C=O) groups is 1. The number of nitrogens with zero attached hydrogens (tertiary/aromatic N) is 2. The Hall–Kier alpha value is -2.60. The molecule has 0 bridgehead atoms. The molecule has 0 fully saturated rings. The minimum atomic E-state index is -0.381. The quantitative estimate of drug-likeness (QED) is 0.773. The number of imidazole rings is 1. The lowest BCUT2D eigenvalue weighted by atomic mass is 10.1. The molecule has 0 atom stereocenters. The smallest absolute Gasteiger partial charge is 0.271 e. The minimum absolute atomic E-state index is 0.122. The van der Waals surface area contributed by atoms with Gasteiger partial charge in [0.2, 0.25) is 0 Å². The van der Waals surface area contributed by atoms with Gasteiger partial charge in [-0.15, -0.1) is 0 Å². The Morgan fingerprint density at radius 1 is 1.39 bits per heavy atom. The molecular weight excluding hydrogens is 316 g/mol. The molecular formula is C16H15ClN4O2. The summed E-state index contributed by atoms with van der Waals surface area (Å²) >= 11 is 6.07. The zero-order valence-corrected chi connectivity index (χ0v) is 13.4. The van der Waals surface area contributed by atoms with Gasteiger partial charge in [0.05, 0.1) is 0 Å². The highest BCUT2D eigenvalue weighted by atomic mass is 35.5. The van der Waals surface area contributed by atoms with Crippen LogP contribution in [0.3, 0.4) is 0 Å². The molecule has 118 valence electrons. The maximum atomic E-state index is 12.4. The van der Waals surface area contributed by atoms with Crippen LogP contribution in [0.1, 0.15) is 27.3 Å². The molecule has 0 aliphatic carbocycles. The molecule has 0 aromatic carbocycles. The first-order valence-electron chi connectivity index (χ1n) is 7.07. The summed E-state index contributed by atoms with van der Waals surface area (Å²) in [6.07, 6.45) is 1.72. The Labute approximate surface area is 137 Å². The first-order valence-corrected chi connectivity index (χ1v) is 7.45. The van der Waals surface area contributed by atoms with Crippen molar-refractivity contribution in [3.63, 3.8) is 0 Å². The molecule has 0 aliphatic rings. The van der Waals surface area contributed by atoms with Crippen molar-refractivity contribution in [3.05, 3.63) is 68.5 Å². The SMILES string of the molecule is Cc1cc(C)c(CNC(=O)c2c(Cl)nc3ccccn23)c(=O)[nH]1. The van der Waals surface area contributed by atoms with Gasteiger partial charge in [0.25, 0.3) is 11.5 Å². The van der Waals surface area contributed by atoms with E-state index < -0.39 is 0 Å². The van der Waals surface area contributed by atoms with Gasteiger partial charge >= 0.3 is 0 Å². The lowest BCUT2D eigenvalue weighted by Crippen LogP contribution is -2.28. The molecule has 3 aromatic heterocycles. The number of hydrogen-bond acceptors (Lipinski definition) is 3. The van der Waals surface area contributed by atoms with E-state index in [4.69, 9.17) is 11.6 Å². The van der Waals surface area contributed by atoms with Crippen molar-refractivity contribution >= 4 is 23.2 Å². The van der Waals surface area contributed by atoms with Crippen LogP contribution in [0.5, 0.6) is 0 Å². The van der Waals surface area contributed by atoms with E-state index in [2.05, 4.69) is 15.3 Å². The van der Waals surface area contributed by atoms with Crippen LogP contribution in [0, 0.1) is 13.8 Å². The number of H-pyrrole nitrogens is 1. The van der Waals surface area contributed by atoms with Gasteiger partial charge in [-0.25, -0.2) is 4.98 Å². The monoisotopic (exact) mass is 330 g/mol. The van der Waals surface area contributed by atoms with Gasteiger partial charge < -0.3 is 10.3 Å². The fraction of sp³-hybridized carbons (Fsp3) is 0.188. The highest BCUT2D eigenvalue weighted by Crippen LogP contribution is 2.17. The zero-order valence-electron chi connectivity index (χ0n) is 12.7. The number of carbonyl (C=O) groups excluding carboxylic acids is 1. The molecule has 0 saturated heterocycles. The molecule has 1 amide bonds. The van der Waals surface area contributed by atoms with Gasteiger partial charge in [-0.3, -0.25) is 14.0 Å². The van der Waals surface area contributed by atoms with E-state index in [-0.39, 0.29) is 28.9 Å². The van der Waals surface area contributed by atoms with E-state index in [0.717, 1.165) is 11.3 Å². The van der Waals surface area contributed by atoms with E-state index in [1.54, 1.807) is 22.7 Å². The van der Waals surface area contributed by atoms with Crippen LogP contribution < -0.4 is 10.9 Å². The molecule has 3 rings (SSSR count). The van der Waals surface area contributed by atoms with E-state index in [9.17, 15) is 9.59 Å². The predicted molar refractivity (Wildman–Crippen MR) is 87.9 cm³/mol. The second-order valence-electron chi connectivity index (χ2n) is 5.31. The van der Waals surface area contributed by atoms with E-state index >= 15 is 0 Å². The summed E-state index contributed by atoms with van der Waals surface area (Å²) in [5.74, 6) is -0.381. The molecule has 2 N–H and O–H groups in total. The van der Waals surface area contributed by atoms with Crippen LogP contribution in [0.2, 0.25) is 5.15 Å². The number of rotatable bonds is 3. The van der Waals surface area contributed by atoms with Crippen molar-refractivity contribution in [3.8, 4) is 0 Å². The molecule has 0 unspecified atom stereocenters. The third-order valence-corrected chi connectivity index (χ3v) is 3.89. The lowest BCUT2D eigenvalue weighted by molar-refractivity contribution is 0.0945. The highest BCUT2D eigenvalue weighted by Gasteiger charge is 2.18. The third-order valence-electron chi connectivity index (χ3n) is 3.62. The van der Waals surface area contributed by atoms with Crippen LogP contribution >= 0.6 is 11.6 Å². The number of amides is 1. The Balaban J connectivity index is 1.88. The summed E-state index contributed by atoms with van der Waals surface area (Å²) in [7, 11) is 0. The lowest BCUT2D eigenvalue weighted by Gasteiger charge is -2.08. The number of aryl methyl sites for hydroxylation is 2. The molecule has 3 heterocycles. The molecule has 6 nitrogen and oxygen atoms in total. The van der Waals surface area contributed by atoms with Crippen molar-refractivity contribution in [1.82, 2.24) is 19.7 Å². The van der Waals surface area contributed by atoms with Crippen molar-refractivity contribution in [2.45, 2.75) is 20.4 Å². The third kappa shape index (κ3) is 2.85. The van der Waals surface area contributed by atoms with Crippen LogP contribution in [-0.4, -0.2) is 20.3 Å². The Bertz CT molecular complexity index is 958. The first-order chi connectivity index (χ1) is 11.0. The topological polar surface area (TPSA) is 79.3 Å². The van der Waals surface area contributed by atoms with Crippen LogP contribution in [-0.2, 0) is 6.54 Å². The fourth-order valence-electron chi connectivity index (χ4n) is 2.52. The summed E-state index contributed by atoms with van der Waals surface area (Å²) in [6, 6.07) is 7.23. The van der Waals surface area contributed by atoms with E-state index in [1.165, 1.54) is 0 Å². The summed E-state index contributed by atoms with van der Waals surface area (Å²) in [4.78, 5) is 31.3. The molecule has 0 spiro atoms. The number of fused-ring (bicyclic) bond motifs is 1. The highest BCUT2D eigenvalue weighted by molar-refractivity contribution is 6.32. The molecule has 0 radical (unpaired) electrons. The standard InChI is InChI=1S/C16H15ClN4O2/c1-9-7-10(2)19-15(22)11(9)8-18-16(23)13-14(17)20-12-5-3-4-6-21(12)13/h3-7H,8H2,1-2H3,(H,18,23)(H,19,22).